The topological polar surface area (TPSA) is 72.5 Å². The number of carbonyl (C=O) groups is 1. The molecule has 0 aromatic heterocycles. The number of aliphatic carboxylic acids is 1. The van der Waals surface area contributed by atoms with Crippen molar-refractivity contribution in [2.45, 2.75) is 26.3 Å². The van der Waals surface area contributed by atoms with Crippen LogP contribution in [0.25, 0.3) is 0 Å². The molecule has 0 bridgehead atoms. The predicted molar refractivity (Wildman–Crippen MR) is 71.0 cm³/mol. The zero-order valence-electron chi connectivity index (χ0n) is 10.7. The van der Waals surface area contributed by atoms with E-state index in [2.05, 4.69) is 0 Å². The van der Waals surface area contributed by atoms with Crippen molar-refractivity contribution in [3.63, 3.8) is 0 Å². The molecule has 1 aromatic rings. The van der Waals surface area contributed by atoms with Crippen LogP contribution in [0.1, 0.15) is 31.9 Å². The molecule has 0 fully saturated rings. The average Bonchev–Trinajstić information content (AvgIpc) is 2.28. The zero-order valence-corrected chi connectivity index (χ0v) is 11.5. The van der Waals surface area contributed by atoms with Gasteiger partial charge < -0.3 is 15.6 Å². The van der Waals surface area contributed by atoms with Crippen molar-refractivity contribution in [1.82, 2.24) is 0 Å². The monoisotopic (exact) mass is 271 g/mol. The van der Waals surface area contributed by atoms with Gasteiger partial charge in [-0.2, -0.15) is 0 Å². The number of carboxylic acids is 1. The van der Waals surface area contributed by atoms with Gasteiger partial charge in [0.15, 0.2) is 0 Å². The third kappa shape index (κ3) is 3.37. The lowest BCUT2D eigenvalue weighted by atomic mass is 9.84. The Kier molecular flexibility index (Phi) is 4.59. The highest BCUT2D eigenvalue weighted by Crippen LogP contribution is 2.34. The zero-order chi connectivity index (χ0) is 13.9. The fourth-order valence-electron chi connectivity index (χ4n) is 1.74. The Bertz CT molecular complexity index is 446. The maximum absolute atomic E-state index is 11.1. The van der Waals surface area contributed by atoms with E-state index in [1.807, 2.05) is 0 Å². The van der Waals surface area contributed by atoms with Crippen molar-refractivity contribution in [3.8, 4) is 5.75 Å². The summed E-state index contributed by atoms with van der Waals surface area (Å²) in [4.78, 5) is 11.1. The van der Waals surface area contributed by atoms with E-state index in [0.29, 0.717) is 17.2 Å². The van der Waals surface area contributed by atoms with Crippen molar-refractivity contribution in [3.05, 3.63) is 28.8 Å². The van der Waals surface area contributed by atoms with E-state index in [0.717, 1.165) is 5.56 Å². The van der Waals surface area contributed by atoms with Crippen LogP contribution in [0.5, 0.6) is 5.75 Å². The number of hydrogen-bond donors (Lipinski definition) is 2. The van der Waals surface area contributed by atoms with E-state index in [9.17, 15) is 4.79 Å². The van der Waals surface area contributed by atoms with E-state index < -0.39 is 17.4 Å². The number of hydrogen-bond acceptors (Lipinski definition) is 3. The lowest BCUT2D eigenvalue weighted by Gasteiger charge is -2.24. The van der Waals surface area contributed by atoms with Gasteiger partial charge in [0.05, 0.1) is 12.5 Å². The second-order valence-electron chi connectivity index (χ2n) is 4.89. The standard InChI is InChI=1S/C13H18ClNO3/c1-13(2,12(16)17)7-10(15)9-6-8(14)4-5-11(9)18-3/h4-6,10H,7,15H2,1-3H3,(H,16,17). The van der Waals surface area contributed by atoms with Crippen molar-refractivity contribution < 1.29 is 14.6 Å². The van der Waals surface area contributed by atoms with Crippen molar-refractivity contribution in [2.75, 3.05) is 7.11 Å². The van der Waals surface area contributed by atoms with Gasteiger partial charge >= 0.3 is 5.97 Å². The number of carboxylic acid groups (broad SMARTS) is 1. The molecule has 0 radical (unpaired) electrons. The molecule has 1 unspecified atom stereocenters. The van der Waals surface area contributed by atoms with Crippen LogP contribution in [0.2, 0.25) is 5.02 Å². The van der Waals surface area contributed by atoms with Gasteiger partial charge in [0.1, 0.15) is 5.75 Å². The second-order valence-corrected chi connectivity index (χ2v) is 5.32. The molecule has 0 aliphatic heterocycles. The summed E-state index contributed by atoms with van der Waals surface area (Å²) in [6.07, 6.45) is 0.305. The van der Waals surface area contributed by atoms with E-state index in [1.54, 1.807) is 39.2 Å². The van der Waals surface area contributed by atoms with Gasteiger partial charge in [-0.3, -0.25) is 4.79 Å². The highest BCUT2D eigenvalue weighted by Gasteiger charge is 2.30. The number of rotatable bonds is 5. The first-order valence-corrected chi connectivity index (χ1v) is 5.98. The molecular formula is C13H18ClNO3. The van der Waals surface area contributed by atoms with Crippen molar-refractivity contribution >= 4 is 17.6 Å². The van der Waals surface area contributed by atoms with E-state index in [1.165, 1.54) is 0 Å². The van der Waals surface area contributed by atoms with Crippen molar-refractivity contribution in [2.24, 2.45) is 11.1 Å². The highest BCUT2D eigenvalue weighted by atomic mass is 35.5. The Morgan fingerprint density at radius 3 is 2.67 bits per heavy atom. The molecule has 4 nitrogen and oxygen atoms in total. The Hall–Kier alpha value is -1.26. The van der Waals surface area contributed by atoms with Gasteiger partial charge in [0.2, 0.25) is 0 Å². The van der Waals surface area contributed by atoms with Crippen LogP contribution in [-0.4, -0.2) is 18.2 Å². The normalized spacial score (nSPS) is 13.2. The second kappa shape index (κ2) is 5.59. The molecule has 3 N–H and O–H groups in total. The molecule has 0 aliphatic carbocycles. The van der Waals surface area contributed by atoms with E-state index in [4.69, 9.17) is 27.2 Å². The summed E-state index contributed by atoms with van der Waals surface area (Å²) in [7, 11) is 1.54. The number of methoxy groups -OCH3 is 1. The van der Waals surface area contributed by atoms with Gasteiger partial charge in [-0.15, -0.1) is 0 Å². The van der Waals surface area contributed by atoms with Gasteiger partial charge in [-0.1, -0.05) is 11.6 Å². The lowest BCUT2D eigenvalue weighted by molar-refractivity contribution is -0.147. The fourth-order valence-corrected chi connectivity index (χ4v) is 1.92. The molecule has 0 saturated carbocycles. The third-order valence-electron chi connectivity index (χ3n) is 2.90. The molecule has 0 saturated heterocycles. The molecule has 0 aliphatic rings. The summed E-state index contributed by atoms with van der Waals surface area (Å²) in [5.41, 5.74) is 5.89. The van der Waals surface area contributed by atoms with Crippen LogP contribution < -0.4 is 10.5 Å². The van der Waals surface area contributed by atoms with Gasteiger partial charge in [0.25, 0.3) is 0 Å². The molecule has 100 valence electrons. The molecule has 1 atom stereocenters. The summed E-state index contributed by atoms with van der Waals surface area (Å²) < 4.78 is 5.21. The van der Waals surface area contributed by atoms with Crippen LogP contribution in [0.3, 0.4) is 0 Å². The predicted octanol–water partition coefficient (Wildman–Crippen LogP) is 2.85. The SMILES string of the molecule is COc1ccc(Cl)cc1C(N)CC(C)(C)C(=O)O. The summed E-state index contributed by atoms with van der Waals surface area (Å²) in [5.74, 6) is -0.257. The first-order valence-electron chi connectivity index (χ1n) is 5.60. The Labute approximate surface area is 112 Å². The van der Waals surface area contributed by atoms with Gasteiger partial charge in [-0.05, 0) is 38.5 Å². The third-order valence-corrected chi connectivity index (χ3v) is 3.14. The van der Waals surface area contributed by atoms with Crippen LogP contribution in [0, 0.1) is 5.41 Å². The summed E-state index contributed by atoms with van der Waals surface area (Å²) in [6.45, 7) is 3.29. The van der Waals surface area contributed by atoms with E-state index >= 15 is 0 Å². The van der Waals surface area contributed by atoms with Gasteiger partial charge in [-0.25, -0.2) is 0 Å². The highest BCUT2D eigenvalue weighted by molar-refractivity contribution is 6.30. The van der Waals surface area contributed by atoms with Crippen LogP contribution >= 0.6 is 11.6 Å². The smallest absolute Gasteiger partial charge is 0.309 e. The Morgan fingerprint density at radius 2 is 2.17 bits per heavy atom. The molecule has 0 heterocycles. The lowest BCUT2D eigenvalue weighted by Crippen LogP contribution is -2.29. The number of nitrogens with two attached hydrogens (primary N) is 1. The number of halogens is 1. The summed E-state index contributed by atoms with van der Waals surface area (Å²) >= 11 is 5.92. The first-order chi connectivity index (χ1) is 8.27. The van der Waals surface area contributed by atoms with Crippen LogP contribution in [0.4, 0.5) is 0 Å². The number of benzene rings is 1. The quantitative estimate of drug-likeness (QED) is 0.864. The van der Waals surface area contributed by atoms with Gasteiger partial charge in [0, 0.05) is 16.6 Å². The van der Waals surface area contributed by atoms with Crippen molar-refractivity contribution in [1.29, 1.82) is 0 Å². The molecule has 1 aromatic carbocycles. The maximum Gasteiger partial charge on any atom is 0.309 e. The minimum Gasteiger partial charge on any atom is -0.496 e. The molecule has 18 heavy (non-hydrogen) atoms. The molecule has 0 spiro atoms. The van der Waals surface area contributed by atoms with Crippen LogP contribution in [-0.2, 0) is 4.79 Å². The fraction of sp³-hybridized carbons (Fsp3) is 0.462. The Balaban J connectivity index is 3.00. The first kappa shape index (κ1) is 14.8. The molecule has 5 heteroatoms. The minimum atomic E-state index is -0.896. The average molecular weight is 272 g/mol. The van der Waals surface area contributed by atoms with E-state index in [-0.39, 0.29) is 0 Å². The molecular weight excluding hydrogens is 254 g/mol. The summed E-state index contributed by atoms with van der Waals surface area (Å²) in [6, 6.07) is 4.71. The number of ether oxygens (including phenoxy) is 1. The Morgan fingerprint density at radius 1 is 1.56 bits per heavy atom. The molecule has 1 rings (SSSR count). The summed E-state index contributed by atoms with van der Waals surface area (Å²) in [5, 5.41) is 9.66. The molecule has 0 amide bonds. The van der Waals surface area contributed by atoms with Crippen LogP contribution in [0.15, 0.2) is 18.2 Å². The minimum absolute atomic E-state index is 0.305. The maximum atomic E-state index is 11.1. The largest absolute Gasteiger partial charge is 0.496 e.